The maximum Gasteiger partial charge on any atom is 0.286 e. The summed E-state index contributed by atoms with van der Waals surface area (Å²) in [6.45, 7) is 0. The molecule has 0 radical (unpaired) electrons. The minimum Gasteiger partial charge on any atom is -0.262 e. The molecule has 2 aliphatic rings. The number of fused-ring (bicyclic) bond motifs is 1. The number of alkyl halides is 1. The predicted molar refractivity (Wildman–Crippen MR) is 74.8 cm³/mol. The normalized spacial score (nSPS) is 23.9. The molecule has 0 unspecified atom stereocenters. The molecular weight excluding hydrogens is 286 g/mol. The second-order valence-corrected chi connectivity index (χ2v) is 7.20. The molecule has 1 saturated carbocycles. The fourth-order valence-electron chi connectivity index (χ4n) is 2.65. The van der Waals surface area contributed by atoms with E-state index in [-0.39, 0.29) is 10.7 Å². The van der Waals surface area contributed by atoms with Crippen LogP contribution >= 0.6 is 11.6 Å². The first-order valence-corrected chi connectivity index (χ1v) is 7.94. The van der Waals surface area contributed by atoms with Crippen LogP contribution in [-0.4, -0.2) is 19.1 Å². The third-order valence-electron chi connectivity index (χ3n) is 3.63. The van der Waals surface area contributed by atoms with Crippen molar-refractivity contribution in [2.24, 2.45) is 10.2 Å². The van der Waals surface area contributed by atoms with Crippen LogP contribution in [0, 0.1) is 0 Å². The van der Waals surface area contributed by atoms with Crippen LogP contribution in [0.4, 0.5) is 5.69 Å². The highest BCUT2D eigenvalue weighted by atomic mass is 35.5. The Labute approximate surface area is 117 Å². The molecule has 7 heteroatoms. The van der Waals surface area contributed by atoms with E-state index in [1.165, 1.54) is 11.1 Å². The summed E-state index contributed by atoms with van der Waals surface area (Å²) >= 11 is 6.52. The number of anilines is 1. The first-order valence-electron chi connectivity index (χ1n) is 6.12. The fourth-order valence-corrected chi connectivity index (χ4v) is 4.37. The molecule has 19 heavy (non-hydrogen) atoms. The van der Waals surface area contributed by atoms with Gasteiger partial charge in [0.25, 0.3) is 10.0 Å². The van der Waals surface area contributed by atoms with Crippen molar-refractivity contribution < 1.29 is 8.42 Å². The van der Waals surface area contributed by atoms with Gasteiger partial charge in [-0.1, -0.05) is 25.0 Å². The van der Waals surface area contributed by atoms with Crippen LogP contribution < -0.4 is 10.9 Å². The largest absolute Gasteiger partial charge is 0.286 e. The van der Waals surface area contributed by atoms with Crippen molar-refractivity contribution in [3.05, 3.63) is 24.3 Å². The van der Waals surface area contributed by atoms with Crippen LogP contribution in [0.25, 0.3) is 0 Å². The Balaban J connectivity index is 2.17. The summed E-state index contributed by atoms with van der Waals surface area (Å²) < 4.78 is 28.2. The van der Waals surface area contributed by atoms with E-state index in [2.05, 4.69) is 4.40 Å². The second-order valence-electron chi connectivity index (χ2n) is 4.90. The molecule has 0 amide bonds. The number of amidine groups is 1. The average Bonchev–Trinajstić information content (AvgIpc) is 2.82. The molecule has 0 bridgehead atoms. The molecule has 1 heterocycles. The fraction of sp³-hybridized carbons (Fsp3) is 0.417. The predicted octanol–water partition coefficient (Wildman–Crippen LogP) is 2.02. The summed E-state index contributed by atoms with van der Waals surface area (Å²) in [5.41, 5.74) is 0.430. The highest BCUT2D eigenvalue weighted by Crippen LogP contribution is 2.41. The van der Waals surface area contributed by atoms with Gasteiger partial charge in [-0.2, -0.15) is 8.42 Å². The first kappa shape index (κ1) is 12.9. The van der Waals surface area contributed by atoms with E-state index in [0.29, 0.717) is 18.5 Å². The Morgan fingerprint density at radius 2 is 1.89 bits per heavy atom. The van der Waals surface area contributed by atoms with Crippen molar-refractivity contribution in [1.29, 1.82) is 0 Å². The summed E-state index contributed by atoms with van der Waals surface area (Å²) in [5, 5.41) is 1.31. The minimum absolute atomic E-state index is 0.125. The van der Waals surface area contributed by atoms with Crippen molar-refractivity contribution >= 4 is 33.1 Å². The average molecular weight is 300 g/mol. The second kappa shape index (κ2) is 4.19. The van der Waals surface area contributed by atoms with E-state index >= 15 is 0 Å². The zero-order chi connectivity index (χ0) is 13.7. The molecule has 0 aromatic heterocycles. The van der Waals surface area contributed by atoms with E-state index in [9.17, 15) is 8.42 Å². The molecule has 102 valence electrons. The monoisotopic (exact) mass is 299 g/mol. The van der Waals surface area contributed by atoms with Crippen LogP contribution in [0.5, 0.6) is 0 Å². The molecule has 0 atom stereocenters. The number of hydrogen-bond acceptors (Lipinski definition) is 4. The summed E-state index contributed by atoms with van der Waals surface area (Å²) in [7, 11) is -3.72. The number of benzene rings is 1. The molecule has 3 rings (SSSR count). The van der Waals surface area contributed by atoms with Crippen LogP contribution in [-0.2, 0) is 10.0 Å². The van der Waals surface area contributed by atoms with Crippen LogP contribution in [0.1, 0.15) is 25.7 Å². The Kier molecular flexibility index (Phi) is 2.85. The molecule has 2 N–H and O–H groups in total. The number of rotatable bonds is 1. The number of hydrogen-bond donors (Lipinski definition) is 1. The molecule has 1 aliphatic carbocycles. The van der Waals surface area contributed by atoms with Crippen molar-refractivity contribution in [2.45, 2.75) is 35.5 Å². The van der Waals surface area contributed by atoms with E-state index < -0.39 is 14.9 Å². The van der Waals surface area contributed by atoms with Gasteiger partial charge in [-0.25, -0.2) is 5.84 Å². The number of para-hydroxylation sites is 1. The zero-order valence-corrected chi connectivity index (χ0v) is 11.8. The maximum absolute atomic E-state index is 12.2. The zero-order valence-electron chi connectivity index (χ0n) is 10.2. The standard InChI is InChI=1S/C12H14ClN3O2S/c13-12(7-3-4-8-12)11-15-19(17,18)10-6-2-1-5-9(10)16(11)14/h1-2,5-6H,3-4,7-8,14H2. The molecule has 1 fully saturated rings. The quantitative estimate of drug-likeness (QED) is 0.636. The summed E-state index contributed by atoms with van der Waals surface area (Å²) in [5.74, 6) is 6.27. The Hall–Kier alpha value is -1.11. The van der Waals surface area contributed by atoms with Gasteiger partial charge in [0.1, 0.15) is 9.77 Å². The van der Waals surface area contributed by atoms with Gasteiger partial charge >= 0.3 is 0 Å². The van der Waals surface area contributed by atoms with Crippen molar-refractivity contribution in [3.63, 3.8) is 0 Å². The molecule has 5 nitrogen and oxygen atoms in total. The van der Waals surface area contributed by atoms with E-state index in [0.717, 1.165) is 12.8 Å². The number of nitrogens with zero attached hydrogens (tertiary/aromatic N) is 2. The van der Waals surface area contributed by atoms with Crippen LogP contribution in [0.3, 0.4) is 0 Å². The lowest BCUT2D eigenvalue weighted by atomic mass is 10.1. The lowest BCUT2D eigenvalue weighted by Crippen LogP contribution is -2.50. The van der Waals surface area contributed by atoms with Gasteiger partial charge in [0.15, 0.2) is 5.84 Å². The van der Waals surface area contributed by atoms with E-state index in [1.807, 2.05) is 0 Å². The van der Waals surface area contributed by atoms with Crippen LogP contribution in [0.2, 0.25) is 0 Å². The first-order chi connectivity index (χ1) is 8.94. The smallest absolute Gasteiger partial charge is 0.262 e. The highest BCUT2D eigenvalue weighted by Gasteiger charge is 2.44. The van der Waals surface area contributed by atoms with Crippen molar-refractivity contribution in [1.82, 2.24) is 0 Å². The van der Waals surface area contributed by atoms with Gasteiger partial charge < -0.3 is 0 Å². The minimum atomic E-state index is -3.72. The third kappa shape index (κ3) is 1.94. The Morgan fingerprint density at radius 1 is 1.26 bits per heavy atom. The number of nitrogens with two attached hydrogens (primary N) is 1. The van der Waals surface area contributed by atoms with Gasteiger partial charge in [0, 0.05) is 0 Å². The summed E-state index contributed by atoms with van der Waals surface area (Å²) in [6.07, 6.45) is 3.30. The molecule has 1 aliphatic heterocycles. The SMILES string of the molecule is NN1C(C2(Cl)CCCC2)=NS(=O)(=O)c2ccccc21. The van der Waals surface area contributed by atoms with Crippen molar-refractivity contribution in [2.75, 3.05) is 5.01 Å². The Morgan fingerprint density at radius 3 is 2.58 bits per heavy atom. The number of sulfonamides is 1. The lowest BCUT2D eigenvalue weighted by Gasteiger charge is -2.33. The number of hydrazine groups is 1. The van der Waals surface area contributed by atoms with Gasteiger partial charge in [-0.15, -0.1) is 16.0 Å². The van der Waals surface area contributed by atoms with E-state index in [4.69, 9.17) is 17.4 Å². The molecule has 0 spiro atoms. The number of halogens is 1. The van der Waals surface area contributed by atoms with Crippen molar-refractivity contribution in [3.8, 4) is 0 Å². The lowest BCUT2D eigenvalue weighted by molar-refractivity contribution is 0.595. The summed E-state index contributed by atoms with van der Waals surface area (Å²) in [6, 6.07) is 6.56. The van der Waals surface area contributed by atoms with Gasteiger partial charge in [0.2, 0.25) is 0 Å². The van der Waals surface area contributed by atoms with Gasteiger partial charge in [-0.3, -0.25) is 5.01 Å². The topological polar surface area (TPSA) is 75.8 Å². The van der Waals surface area contributed by atoms with Gasteiger partial charge in [-0.05, 0) is 25.0 Å². The third-order valence-corrected chi connectivity index (χ3v) is 5.50. The van der Waals surface area contributed by atoms with E-state index in [1.54, 1.807) is 18.2 Å². The summed E-state index contributed by atoms with van der Waals surface area (Å²) in [4.78, 5) is -0.644. The molecule has 1 aromatic carbocycles. The molecule has 1 aromatic rings. The Bertz CT molecular complexity index is 651. The van der Waals surface area contributed by atoms with Gasteiger partial charge in [0.05, 0.1) is 5.69 Å². The molecular formula is C12H14ClN3O2S. The maximum atomic E-state index is 12.2. The van der Waals surface area contributed by atoms with Crippen LogP contribution in [0.15, 0.2) is 33.6 Å². The molecule has 0 saturated heterocycles. The highest BCUT2D eigenvalue weighted by molar-refractivity contribution is 7.90.